The van der Waals surface area contributed by atoms with Gasteiger partial charge in [-0.25, -0.2) is 4.79 Å². The molecule has 0 N–H and O–H groups in total. The highest BCUT2D eigenvalue weighted by Gasteiger charge is 2.58. The third-order valence-corrected chi connectivity index (χ3v) is 32.3. The molecule has 0 unspecified atom stereocenters. The second-order valence-corrected chi connectivity index (χ2v) is 34.0. The van der Waals surface area contributed by atoms with E-state index in [0.717, 1.165) is 51.5 Å². The number of rotatable bonds is 26. The van der Waals surface area contributed by atoms with Crippen molar-refractivity contribution in [3.63, 3.8) is 0 Å². The van der Waals surface area contributed by atoms with Crippen LogP contribution in [0.5, 0.6) is 0 Å². The highest BCUT2D eigenvalue weighted by Crippen LogP contribution is 2.38. The van der Waals surface area contributed by atoms with Gasteiger partial charge in [0.1, 0.15) is 0 Å². The third-order valence-electron chi connectivity index (χ3n) is 13.8. The summed E-state index contributed by atoms with van der Waals surface area (Å²) in [5.41, 5.74) is 10.5. The number of carbonyl (C=O) groups excluding carboxylic acids is 1. The number of carbonyl (C=O) groups is 1. The second kappa shape index (κ2) is 26.1. The molecule has 0 saturated carbocycles. The Morgan fingerprint density at radius 3 is 0.697 bits per heavy atom. The van der Waals surface area contributed by atoms with Crippen LogP contribution < -0.4 is 0 Å². The van der Waals surface area contributed by atoms with Crippen molar-refractivity contribution in [3.8, 4) is 0 Å². The summed E-state index contributed by atoms with van der Waals surface area (Å²) in [6.45, 7) is 5.87. The Morgan fingerprint density at radius 1 is 0.289 bits per heavy atom. The van der Waals surface area contributed by atoms with Gasteiger partial charge in [0.2, 0.25) is 0 Å². The Hall–Kier alpha value is -7.06. The maximum absolute atomic E-state index is 14.6. The van der Waals surface area contributed by atoms with Gasteiger partial charge in [0.25, 0.3) is 0 Å². The monoisotopic (exact) mass is 1060 g/mol. The molecule has 0 aromatic heterocycles. The molecule has 0 aliphatic carbocycles. The van der Waals surface area contributed by atoms with Crippen LogP contribution in [0.3, 0.4) is 0 Å². The average Bonchev–Trinajstić information content (AvgIpc) is 3.44. The van der Waals surface area contributed by atoms with E-state index in [1.165, 1.54) is 16.7 Å². The summed E-state index contributed by atoms with van der Waals surface area (Å²) >= 11 is 0. The van der Waals surface area contributed by atoms with Crippen LogP contribution in [0.1, 0.15) is 57.0 Å². The molecule has 382 valence electrons. The van der Waals surface area contributed by atoms with E-state index < -0.39 is 40.0 Å². The van der Waals surface area contributed by atoms with Crippen molar-refractivity contribution >= 4 is 40.0 Å². The van der Waals surface area contributed by atoms with E-state index in [1.54, 1.807) is 6.92 Å². The minimum Gasteiger partial charge on any atom is -0.491 e. The third kappa shape index (κ3) is 15.5. The van der Waals surface area contributed by atoms with Gasteiger partial charge < -0.3 is 16.8 Å². The molecule has 5 nitrogen and oxygen atoms in total. The molecule has 0 atom stereocenters. The molecule has 0 fully saturated rings. The molecular formula is C67H68O5Si4. The topological polar surface area (TPSA) is 54.0 Å². The molecule has 0 heterocycles. The van der Waals surface area contributed by atoms with E-state index in [0.29, 0.717) is 41.8 Å². The zero-order valence-corrected chi connectivity index (χ0v) is 47.6. The summed E-state index contributed by atoms with van der Waals surface area (Å²) in [5, 5.41) is 0. The first-order valence-corrected chi connectivity index (χ1v) is 35.7. The summed E-state index contributed by atoms with van der Waals surface area (Å²) in [7, 11) is -14.7. The molecular weight excluding hydrogens is 997 g/mol. The number of hydrogen-bond acceptors (Lipinski definition) is 5. The van der Waals surface area contributed by atoms with Crippen LogP contribution >= 0.6 is 0 Å². The Kier molecular flexibility index (Phi) is 18.5. The van der Waals surface area contributed by atoms with Crippen molar-refractivity contribution in [1.29, 1.82) is 0 Å². The lowest BCUT2D eigenvalue weighted by atomic mass is 10.2. The van der Waals surface area contributed by atoms with E-state index in [4.69, 9.17) is 16.8 Å². The number of benzene rings is 9. The zero-order valence-electron chi connectivity index (χ0n) is 43.6. The predicted molar refractivity (Wildman–Crippen MR) is 318 cm³/mol. The fourth-order valence-corrected chi connectivity index (χ4v) is 33.7. The van der Waals surface area contributed by atoms with Crippen molar-refractivity contribution in [2.75, 3.05) is 0 Å². The molecule has 0 amide bonds. The highest BCUT2D eigenvalue weighted by atomic mass is 28.5. The molecule has 9 rings (SSSR count). The van der Waals surface area contributed by atoms with Crippen molar-refractivity contribution in [2.45, 2.75) is 61.3 Å². The maximum atomic E-state index is 14.6. The quantitative estimate of drug-likeness (QED) is 0.0400. The van der Waals surface area contributed by atoms with Crippen LogP contribution in [0.25, 0.3) is 0 Å². The maximum Gasteiger partial charge on any atom is 0.402 e. The van der Waals surface area contributed by atoms with Crippen molar-refractivity contribution in [3.05, 3.63) is 335 Å². The molecule has 0 spiro atoms. The van der Waals surface area contributed by atoms with Gasteiger partial charge in [-0.2, -0.15) is 0 Å². The van der Waals surface area contributed by atoms with Crippen LogP contribution in [0, 0.1) is 0 Å². The smallest absolute Gasteiger partial charge is 0.402 e. The molecule has 9 heteroatoms. The predicted octanol–water partition coefficient (Wildman–Crippen LogP) is 14.5. The molecule has 9 aromatic carbocycles. The highest BCUT2D eigenvalue weighted by molar-refractivity contribution is 6.90. The first-order valence-electron chi connectivity index (χ1n) is 26.5. The van der Waals surface area contributed by atoms with Crippen LogP contribution in [0.4, 0.5) is 0 Å². The lowest BCUT2D eigenvalue weighted by Crippen LogP contribution is -2.69. The summed E-state index contributed by atoms with van der Waals surface area (Å²) in [6.07, 6.45) is 0. The molecule has 0 aliphatic rings. The Morgan fingerprint density at radius 2 is 0.474 bits per heavy atom. The first kappa shape index (κ1) is 53.8. The fraction of sp³-hybridized carbons (Fsp3) is 0.149. The van der Waals surface area contributed by atoms with Gasteiger partial charge in [-0.15, -0.1) is 0 Å². The molecule has 0 radical (unpaired) electrons. The molecule has 0 bridgehead atoms. The van der Waals surface area contributed by atoms with E-state index in [-0.39, 0.29) is 0 Å². The van der Waals surface area contributed by atoms with Gasteiger partial charge >= 0.3 is 31.7 Å². The minimum absolute atomic E-state index is 0.319. The van der Waals surface area contributed by atoms with Gasteiger partial charge in [0, 0.05) is 41.8 Å². The largest absolute Gasteiger partial charge is 0.491 e. The van der Waals surface area contributed by atoms with E-state index in [9.17, 15) is 4.79 Å². The van der Waals surface area contributed by atoms with Crippen molar-refractivity contribution in [2.24, 2.45) is 0 Å². The van der Waals surface area contributed by atoms with Crippen LogP contribution in [0.15, 0.2) is 285 Å². The summed E-state index contributed by atoms with van der Waals surface area (Å²) in [4.78, 5) is 14.6. The lowest BCUT2D eigenvalue weighted by molar-refractivity contribution is -0.132. The molecule has 0 aliphatic heterocycles. The number of hydrogen-bond donors (Lipinski definition) is 0. The SMILES string of the molecule is C=C(C)C(=O)O[Si](Cc1ccccc1)(Cc1ccccc1)O[Si](Cc1ccccc1)(Cc1ccccc1)O[Si](Cc1ccccc1)(Cc1ccccc1)O[Si](Cc1ccccc1)(Cc1ccccc1)Cc1ccccc1. The Bertz CT molecular complexity index is 2930. The normalized spacial score (nSPS) is 12.0. The average molecular weight is 1070 g/mol. The first-order chi connectivity index (χ1) is 37.2. The van der Waals surface area contributed by atoms with E-state index >= 15 is 0 Å². The van der Waals surface area contributed by atoms with Gasteiger partial charge in [-0.1, -0.05) is 280 Å². The summed E-state index contributed by atoms with van der Waals surface area (Å²) in [6, 6.07) is 101. The van der Waals surface area contributed by atoms with Gasteiger partial charge in [-0.3, -0.25) is 0 Å². The van der Waals surface area contributed by atoms with Gasteiger partial charge in [0.05, 0.1) is 0 Å². The van der Waals surface area contributed by atoms with Gasteiger partial charge in [0.15, 0.2) is 8.32 Å². The molecule has 0 saturated heterocycles. The summed E-state index contributed by atoms with van der Waals surface area (Å²) < 4.78 is 33.4. The standard InChI is InChI=1S/C67H68O5Si4/c1-57(2)67(68)69-74(51-61-36-18-6-19-37-61,52-62-38-20-7-21-39-62)71-76(55-65-44-26-10-27-45-65,56-66-46-28-11-29-47-66)72-75(53-63-40-22-8-23-41-63,54-64-42-24-9-25-43-64)70-73(48-58-30-12-3-13-31-58,49-59-32-14-4-15-33-59)50-60-34-16-5-17-35-60/h3-47H,1,48-56H2,2H3. The Labute approximate surface area is 455 Å². The van der Waals surface area contributed by atoms with Crippen LogP contribution in [-0.4, -0.2) is 40.0 Å². The fourth-order valence-electron chi connectivity index (χ4n) is 10.7. The Balaban J connectivity index is 1.35. The van der Waals surface area contributed by atoms with Crippen molar-refractivity contribution < 1.29 is 21.6 Å². The van der Waals surface area contributed by atoms with E-state index in [2.05, 4.69) is 267 Å². The van der Waals surface area contributed by atoms with Crippen LogP contribution in [0.2, 0.25) is 0 Å². The summed E-state index contributed by atoms with van der Waals surface area (Å²) in [5.74, 6) is -0.464. The van der Waals surface area contributed by atoms with Crippen LogP contribution in [-0.2, 0) is 76.0 Å². The lowest BCUT2D eigenvalue weighted by Gasteiger charge is -2.49. The van der Waals surface area contributed by atoms with E-state index in [1.807, 2.05) is 12.1 Å². The van der Waals surface area contributed by atoms with Gasteiger partial charge in [-0.05, 0) is 75.1 Å². The minimum atomic E-state index is -3.93. The zero-order chi connectivity index (χ0) is 52.4. The molecule has 76 heavy (non-hydrogen) atoms. The molecule has 9 aromatic rings. The second-order valence-electron chi connectivity index (χ2n) is 20.4. The van der Waals surface area contributed by atoms with Crippen molar-refractivity contribution in [1.82, 2.24) is 0 Å².